The van der Waals surface area contributed by atoms with E-state index in [0.29, 0.717) is 5.69 Å². The second kappa shape index (κ2) is 6.09. The topological polar surface area (TPSA) is 74.1 Å². The van der Waals surface area contributed by atoms with E-state index >= 15 is 0 Å². The van der Waals surface area contributed by atoms with Gasteiger partial charge in [0, 0.05) is 12.5 Å². The third kappa shape index (κ3) is 2.77. The molecule has 1 aromatic carbocycles. The zero-order valence-electron chi connectivity index (χ0n) is 13.2. The SMILES string of the molecule is CCOC(=O)C(C)(C)n1nnc(C(C)=O)c1-c1ccccc1. The molecule has 6 nitrogen and oxygen atoms in total. The van der Waals surface area contributed by atoms with Crippen LogP contribution in [0.3, 0.4) is 0 Å². The highest BCUT2D eigenvalue weighted by molar-refractivity contribution is 5.98. The van der Waals surface area contributed by atoms with E-state index < -0.39 is 11.5 Å². The zero-order valence-corrected chi connectivity index (χ0v) is 13.2. The predicted octanol–water partition coefficient (Wildman–Crippen LogP) is 2.45. The monoisotopic (exact) mass is 301 g/mol. The minimum Gasteiger partial charge on any atom is -0.464 e. The average molecular weight is 301 g/mol. The van der Waals surface area contributed by atoms with Gasteiger partial charge < -0.3 is 4.74 Å². The van der Waals surface area contributed by atoms with Crippen LogP contribution in [0.15, 0.2) is 30.3 Å². The first kappa shape index (κ1) is 15.9. The van der Waals surface area contributed by atoms with E-state index in [4.69, 9.17) is 4.74 Å². The third-order valence-corrected chi connectivity index (χ3v) is 3.36. The number of ether oxygens (including phenoxy) is 1. The molecule has 116 valence electrons. The van der Waals surface area contributed by atoms with Crippen molar-refractivity contribution in [3.63, 3.8) is 0 Å². The number of benzene rings is 1. The summed E-state index contributed by atoms with van der Waals surface area (Å²) < 4.78 is 6.56. The fraction of sp³-hybridized carbons (Fsp3) is 0.375. The summed E-state index contributed by atoms with van der Waals surface area (Å²) in [5, 5.41) is 7.99. The number of hydrogen-bond acceptors (Lipinski definition) is 5. The molecule has 0 saturated heterocycles. The van der Waals surface area contributed by atoms with Crippen molar-refractivity contribution in [1.82, 2.24) is 15.0 Å². The largest absolute Gasteiger partial charge is 0.464 e. The van der Waals surface area contributed by atoms with Crippen LogP contribution in [0.4, 0.5) is 0 Å². The number of aromatic nitrogens is 3. The average Bonchev–Trinajstić information content (AvgIpc) is 2.94. The Morgan fingerprint density at radius 2 is 1.86 bits per heavy atom. The standard InChI is InChI=1S/C16H19N3O3/c1-5-22-15(21)16(3,4)19-14(12-9-7-6-8-10-12)13(11(2)20)17-18-19/h6-10H,5H2,1-4H3. The van der Waals surface area contributed by atoms with E-state index in [1.807, 2.05) is 30.3 Å². The molecule has 22 heavy (non-hydrogen) atoms. The summed E-state index contributed by atoms with van der Waals surface area (Å²) in [6.07, 6.45) is 0. The van der Waals surface area contributed by atoms with Crippen LogP contribution in [0.5, 0.6) is 0 Å². The molecular formula is C16H19N3O3. The summed E-state index contributed by atoms with van der Waals surface area (Å²) in [5.41, 5.74) is 0.465. The van der Waals surface area contributed by atoms with Gasteiger partial charge in [0.2, 0.25) is 0 Å². The molecule has 0 aliphatic heterocycles. The quantitative estimate of drug-likeness (QED) is 0.626. The Morgan fingerprint density at radius 1 is 1.23 bits per heavy atom. The zero-order chi connectivity index (χ0) is 16.3. The molecule has 1 heterocycles. The van der Waals surface area contributed by atoms with Crippen molar-refractivity contribution < 1.29 is 14.3 Å². The van der Waals surface area contributed by atoms with Gasteiger partial charge in [-0.1, -0.05) is 35.5 Å². The molecule has 0 aliphatic carbocycles. The first-order valence-electron chi connectivity index (χ1n) is 7.09. The molecule has 0 fully saturated rings. The second-order valence-corrected chi connectivity index (χ2v) is 5.40. The van der Waals surface area contributed by atoms with E-state index in [9.17, 15) is 9.59 Å². The summed E-state index contributed by atoms with van der Waals surface area (Å²) in [6.45, 7) is 6.83. The normalized spacial score (nSPS) is 11.3. The van der Waals surface area contributed by atoms with Gasteiger partial charge in [-0.3, -0.25) is 4.79 Å². The molecule has 0 aliphatic rings. The summed E-state index contributed by atoms with van der Waals surface area (Å²) in [4.78, 5) is 24.1. The Labute approximate surface area is 129 Å². The van der Waals surface area contributed by atoms with Gasteiger partial charge in [0.05, 0.1) is 6.61 Å². The lowest BCUT2D eigenvalue weighted by Crippen LogP contribution is -2.39. The van der Waals surface area contributed by atoms with E-state index in [1.54, 1.807) is 20.8 Å². The Bertz CT molecular complexity index is 690. The minimum atomic E-state index is -1.07. The Morgan fingerprint density at radius 3 is 2.41 bits per heavy atom. The van der Waals surface area contributed by atoms with Gasteiger partial charge in [-0.05, 0) is 20.8 Å². The second-order valence-electron chi connectivity index (χ2n) is 5.40. The smallest absolute Gasteiger partial charge is 0.333 e. The molecule has 6 heteroatoms. The van der Waals surface area contributed by atoms with Crippen molar-refractivity contribution in [3.05, 3.63) is 36.0 Å². The van der Waals surface area contributed by atoms with Crippen molar-refractivity contribution in [2.75, 3.05) is 6.61 Å². The predicted molar refractivity (Wildman–Crippen MR) is 81.4 cm³/mol. The third-order valence-electron chi connectivity index (χ3n) is 3.36. The number of hydrogen-bond donors (Lipinski definition) is 0. The van der Waals surface area contributed by atoms with Crippen LogP contribution in [-0.4, -0.2) is 33.4 Å². The summed E-state index contributed by atoms with van der Waals surface area (Å²) >= 11 is 0. The fourth-order valence-electron chi connectivity index (χ4n) is 2.16. The lowest BCUT2D eigenvalue weighted by Gasteiger charge is -2.24. The molecule has 0 amide bonds. The molecule has 1 aromatic heterocycles. The maximum atomic E-state index is 12.2. The first-order valence-corrected chi connectivity index (χ1v) is 7.09. The minimum absolute atomic E-state index is 0.204. The molecule has 0 saturated carbocycles. The van der Waals surface area contributed by atoms with Crippen molar-refractivity contribution in [1.29, 1.82) is 0 Å². The van der Waals surface area contributed by atoms with Gasteiger partial charge in [0.1, 0.15) is 5.69 Å². The highest BCUT2D eigenvalue weighted by Crippen LogP contribution is 2.28. The maximum absolute atomic E-state index is 12.2. The van der Waals surface area contributed by atoms with E-state index in [1.165, 1.54) is 11.6 Å². The highest BCUT2D eigenvalue weighted by atomic mass is 16.5. The molecule has 2 aromatic rings. The van der Waals surface area contributed by atoms with E-state index in [-0.39, 0.29) is 18.1 Å². The highest BCUT2D eigenvalue weighted by Gasteiger charge is 2.36. The van der Waals surface area contributed by atoms with Crippen LogP contribution in [0, 0.1) is 0 Å². The molecule has 0 radical (unpaired) electrons. The van der Waals surface area contributed by atoms with Crippen LogP contribution >= 0.6 is 0 Å². The molecule has 2 rings (SSSR count). The van der Waals surface area contributed by atoms with Crippen LogP contribution in [0.2, 0.25) is 0 Å². The van der Waals surface area contributed by atoms with Gasteiger partial charge in [0.25, 0.3) is 0 Å². The number of nitrogens with zero attached hydrogens (tertiary/aromatic N) is 3. The summed E-state index contributed by atoms with van der Waals surface area (Å²) in [6, 6.07) is 9.29. The Balaban J connectivity index is 2.63. The molecule has 0 unspecified atom stereocenters. The Hall–Kier alpha value is -2.50. The van der Waals surface area contributed by atoms with Gasteiger partial charge in [-0.2, -0.15) is 0 Å². The van der Waals surface area contributed by atoms with Crippen molar-refractivity contribution >= 4 is 11.8 Å². The fourth-order valence-corrected chi connectivity index (χ4v) is 2.16. The van der Waals surface area contributed by atoms with Crippen LogP contribution in [0.25, 0.3) is 11.3 Å². The van der Waals surface area contributed by atoms with Gasteiger partial charge in [-0.25, -0.2) is 9.48 Å². The first-order chi connectivity index (χ1) is 10.4. The van der Waals surface area contributed by atoms with Gasteiger partial charge in [-0.15, -0.1) is 5.10 Å². The molecular weight excluding hydrogens is 282 g/mol. The number of esters is 1. The number of ketones is 1. The van der Waals surface area contributed by atoms with Crippen LogP contribution in [0.1, 0.15) is 38.2 Å². The number of carbonyl (C=O) groups excluding carboxylic acids is 2. The molecule has 0 N–H and O–H groups in total. The molecule has 0 atom stereocenters. The Kier molecular flexibility index (Phi) is 4.40. The maximum Gasteiger partial charge on any atom is 0.333 e. The van der Waals surface area contributed by atoms with E-state index in [0.717, 1.165) is 5.56 Å². The van der Waals surface area contributed by atoms with E-state index in [2.05, 4.69) is 10.3 Å². The van der Waals surface area contributed by atoms with Crippen LogP contribution in [-0.2, 0) is 15.1 Å². The van der Waals surface area contributed by atoms with Crippen LogP contribution < -0.4 is 0 Å². The van der Waals surface area contributed by atoms with Gasteiger partial charge >= 0.3 is 5.97 Å². The van der Waals surface area contributed by atoms with Crippen molar-refractivity contribution in [2.24, 2.45) is 0 Å². The summed E-state index contributed by atoms with van der Waals surface area (Å²) in [5.74, 6) is -0.628. The van der Waals surface area contributed by atoms with Crippen molar-refractivity contribution in [2.45, 2.75) is 33.2 Å². The van der Waals surface area contributed by atoms with Gasteiger partial charge in [0.15, 0.2) is 17.0 Å². The number of rotatable bonds is 5. The lowest BCUT2D eigenvalue weighted by molar-refractivity contribution is -0.152. The molecule has 0 bridgehead atoms. The summed E-state index contributed by atoms with van der Waals surface area (Å²) in [7, 11) is 0. The molecule has 0 spiro atoms. The lowest BCUT2D eigenvalue weighted by atomic mass is 10.0. The number of Topliss-reactive ketones (excluding diaryl/α,β-unsaturated/α-hetero) is 1. The van der Waals surface area contributed by atoms with Crippen molar-refractivity contribution in [3.8, 4) is 11.3 Å². The number of carbonyl (C=O) groups is 2.